The van der Waals surface area contributed by atoms with Crippen molar-refractivity contribution in [3.05, 3.63) is 51.5 Å². The fourth-order valence-electron chi connectivity index (χ4n) is 1.91. The summed E-state index contributed by atoms with van der Waals surface area (Å²) in [5.74, 6) is 0.0360. The molecular weight excluding hydrogens is 363 g/mol. The van der Waals surface area contributed by atoms with Gasteiger partial charge in [-0.15, -0.1) is 11.6 Å². The molecule has 0 saturated heterocycles. The Morgan fingerprint density at radius 1 is 1.20 bits per heavy atom. The van der Waals surface area contributed by atoms with E-state index in [9.17, 15) is 4.79 Å². The lowest BCUT2D eigenvalue weighted by molar-refractivity contribution is 0.101. The summed E-state index contributed by atoms with van der Waals surface area (Å²) in [6, 6.07) is 11.2. The zero-order chi connectivity index (χ0) is 14.7. The number of hydrogen-bond acceptors (Lipinski definition) is 2. The van der Waals surface area contributed by atoms with Crippen molar-refractivity contribution in [1.29, 1.82) is 0 Å². The molecule has 0 aromatic heterocycles. The van der Waals surface area contributed by atoms with Gasteiger partial charge in [0.2, 0.25) is 0 Å². The Bertz CT molecular complexity index is 639. The summed E-state index contributed by atoms with van der Waals surface area (Å²) in [4.78, 5) is 11.9. The third-order valence-electron chi connectivity index (χ3n) is 2.88. The second kappa shape index (κ2) is 6.61. The minimum atomic E-state index is -0.257. The van der Waals surface area contributed by atoms with E-state index in [1.807, 2.05) is 30.3 Å². The zero-order valence-corrected chi connectivity index (χ0v) is 13.7. The first-order chi connectivity index (χ1) is 9.58. The van der Waals surface area contributed by atoms with Crippen molar-refractivity contribution >= 4 is 44.9 Å². The fraction of sp³-hybridized carbons (Fsp3) is 0.133. The number of rotatable bonds is 4. The fourth-order valence-corrected chi connectivity index (χ4v) is 2.68. The highest BCUT2D eigenvalue weighted by atomic mass is 79.9. The molecule has 104 valence electrons. The van der Waals surface area contributed by atoms with Crippen LogP contribution in [0.3, 0.4) is 0 Å². The van der Waals surface area contributed by atoms with E-state index in [-0.39, 0.29) is 11.7 Å². The summed E-state index contributed by atoms with van der Waals surface area (Å²) in [7, 11) is 1.50. The van der Waals surface area contributed by atoms with Gasteiger partial charge in [-0.05, 0) is 29.8 Å². The van der Waals surface area contributed by atoms with Crippen LogP contribution in [-0.2, 0) is 0 Å². The van der Waals surface area contributed by atoms with Crippen LogP contribution in [0.1, 0.15) is 10.4 Å². The third kappa shape index (κ3) is 3.00. The molecule has 0 aliphatic heterocycles. The topological polar surface area (TPSA) is 26.3 Å². The molecule has 0 saturated carbocycles. The molecule has 0 aliphatic rings. The number of hydrogen-bond donors (Lipinski definition) is 0. The molecule has 0 spiro atoms. The molecule has 2 rings (SSSR count). The second-order valence-corrected chi connectivity index (χ2v) is 5.63. The quantitative estimate of drug-likeness (QED) is 0.543. The van der Waals surface area contributed by atoms with Crippen LogP contribution in [0.25, 0.3) is 11.1 Å². The minimum absolute atomic E-state index is 0.139. The van der Waals surface area contributed by atoms with Crippen LogP contribution < -0.4 is 4.74 Å². The highest BCUT2D eigenvalue weighted by Crippen LogP contribution is 2.36. The molecule has 2 aromatic carbocycles. The van der Waals surface area contributed by atoms with Crippen molar-refractivity contribution in [3.8, 4) is 16.9 Å². The maximum atomic E-state index is 11.9. The second-order valence-electron chi connectivity index (χ2n) is 4.07. The van der Waals surface area contributed by atoms with Crippen LogP contribution in [0.4, 0.5) is 0 Å². The van der Waals surface area contributed by atoms with Gasteiger partial charge in [-0.25, -0.2) is 0 Å². The first-order valence-electron chi connectivity index (χ1n) is 5.80. The summed E-state index contributed by atoms with van der Waals surface area (Å²) in [6.45, 7) is 0. The van der Waals surface area contributed by atoms with Crippen molar-refractivity contribution in [2.45, 2.75) is 0 Å². The molecule has 2 nitrogen and oxygen atoms in total. The summed E-state index contributed by atoms with van der Waals surface area (Å²) >= 11 is 15.4. The van der Waals surface area contributed by atoms with Crippen LogP contribution >= 0.6 is 39.1 Å². The summed E-state index contributed by atoms with van der Waals surface area (Å²) in [5, 5.41) is 0.359. The van der Waals surface area contributed by atoms with Gasteiger partial charge >= 0.3 is 0 Å². The summed E-state index contributed by atoms with van der Waals surface area (Å²) in [5.41, 5.74) is 2.02. The van der Waals surface area contributed by atoms with Gasteiger partial charge < -0.3 is 4.74 Å². The first-order valence-corrected chi connectivity index (χ1v) is 7.50. The van der Waals surface area contributed by atoms with Crippen molar-refractivity contribution in [2.24, 2.45) is 0 Å². The molecule has 0 N–H and O–H groups in total. The Balaban J connectivity index is 2.61. The molecule has 0 amide bonds. The number of carbonyl (C=O) groups is 1. The number of ether oxygens (including phenoxy) is 1. The molecule has 0 heterocycles. The third-order valence-corrected chi connectivity index (χ3v) is 4.04. The molecule has 20 heavy (non-hydrogen) atoms. The number of ketones is 1. The Morgan fingerprint density at radius 3 is 2.40 bits per heavy atom. The SMILES string of the molecule is COc1ccc(-c2ccc(Br)cc2)c(Cl)c1C(=O)CCl. The first kappa shape index (κ1) is 15.4. The molecule has 0 atom stereocenters. The predicted molar refractivity (Wildman–Crippen MR) is 86.2 cm³/mol. The Hall–Kier alpha value is -1.03. The average molecular weight is 374 g/mol. The number of carbonyl (C=O) groups excluding carboxylic acids is 1. The molecule has 0 unspecified atom stereocenters. The maximum absolute atomic E-state index is 11.9. The van der Waals surface area contributed by atoms with Gasteiger partial charge in [0.25, 0.3) is 0 Å². The van der Waals surface area contributed by atoms with Crippen LogP contribution in [0.5, 0.6) is 5.75 Å². The van der Waals surface area contributed by atoms with E-state index >= 15 is 0 Å². The molecule has 0 bridgehead atoms. The van der Waals surface area contributed by atoms with Gasteiger partial charge in [0.05, 0.1) is 23.6 Å². The summed E-state index contributed by atoms with van der Waals surface area (Å²) in [6.07, 6.45) is 0. The lowest BCUT2D eigenvalue weighted by Gasteiger charge is -2.12. The Morgan fingerprint density at radius 2 is 1.85 bits per heavy atom. The largest absolute Gasteiger partial charge is 0.496 e. The van der Waals surface area contributed by atoms with E-state index in [1.54, 1.807) is 6.07 Å². The predicted octanol–water partition coefficient (Wildman–Crippen LogP) is 5.20. The molecule has 2 aromatic rings. The van der Waals surface area contributed by atoms with E-state index in [0.717, 1.165) is 15.6 Å². The van der Waals surface area contributed by atoms with Crippen LogP contribution in [0.2, 0.25) is 5.02 Å². The van der Waals surface area contributed by atoms with Gasteiger partial charge in [-0.1, -0.05) is 39.7 Å². The minimum Gasteiger partial charge on any atom is -0.496 e. The van der Waals surface area contributed by atoms with Gasteiger partial charge in [0.1, 0.15) is 5.75 Å². The smallest absolute Gasteiger partial charge is 0.182 e. The van der Waals surface area contributed by atoms with Crippen LogP contribution in [0.15, 0.2) is 40.9 Å². The van der Waals surface area contributed by atoms with E-state index in [1.165, 1.54) is 7.11 Å². The lowest BCUT2D eigenvalue weighted by atomic mass is 10.0. The van der Waals surface area contributed by atoms with Gasteiger partial charge in [0, 0.05) is 10.0 Å². The van der Waals surface area contributed by atoms with Gasteiger partial charge in [0.15, 0.2) is 5.78 Å². The van der Waals surface area contributed by atoms with Crippen molar-refractivity contribution in [1.82, 2.24) is 0 Å². The molecule has 5 heteroatoms. The van der Waals surface area contributed by atoms with Gasteiger partial charge in [-0.2, -0.15) is 0 Å². The number of methoxy groups -OCH3 is 1. The average Bonchev–Trinajstić information content (AvgIpc) is 2.47. The summed E-state index contributed by atoms with van der Waals surface area (Å²) < 4.78 is 6.16. The monoisotopic (exact) mass is 372 g/mol. The van der Waals surface area contributed by atoms with Gasteiger partial charge in [-0.3, -0.25) is 4.79 Å². The van der Waals surface area contributed by atoms with Crippen molar-refractivity contribution in [3.63, 3.8) is 0 Å². The standard InChI is InChI=1S/C15H11BrCl2O2/c1-20-13-7-6-11(9-2-4-10(16)5-3-9)15(18)14(13)12(19)8-17/h2-7H,8H2,1H3. The lowest BCUT2D eigenvalue weighted by Crippen LogP contribution is -2.05. The van der Waals surface area contributed by atoms with E-state index in [4.69, 9.17) is 27.9 Å². The number of benzene rings is 2. The maximum Gasteiger partial charge on any atom is 0.182 e. The van der Waals surface area contributed by atoms with E-state index in [2.05, 4.69) is 15.9 Å². The number of halogens is 3. The van der Waals surface area contributed by atoms with Crippen molar-refractivity contribution in [2.75, 3.05) is 13.0 Å². The van der Waals surface area contributed by atoms with E-state index in [0.29, 0.717) is 16.3 Å². The van der Waals surface area contributed by atoms with Crippen LogP contribution in [0, 0.1) is 0 Å². The molecular formula is C15H11BrCl2O2. The normalized spacial score (nSPS) is 10.4. The highest BCUT2D eigenvalue weighted by Gasteiger charge is 2.19. The van der Waals surface area contributed by atoms with E-state index < -0.39 is 0 Å². The molecule has 0 fully saturated rings. The number of alkyl halides is 1. The zero-order valence-electron chi connectivity index (χ0n) is 10.6. The molecule has 0 radical (unpaired) electrons. The van der Waals surface area contributed by atoms with Crippen molar-refractivity contribution < 1.29 is 9.53 Å². The number of Topliss-reactive ketones (excluding diaryl/α,β-unsaturated/α-hetero) is 1. The molecule has 0 aliphatic carbocycles. The Kier molecular flexibility index (Phi) is 5.08. The van der Waals surface area contributed by atoms with Crippen LogP contribution in [-0.4, -0.2) is 18.8 Å². The highest BCUT2D eigenvalue weighted by molar-refractivity contribution is 9.10. The Labute approximate surface area is 135 Å².